The third-order valence-corrected chi connectivity index (χ3v) is 5.73. The molecule has 148 valence electrons. The second kappa shape index (κ2) is 7.59. The Morgan fingerprint density at radius 1 is 1.21 bits per heavy atom. The third kappa shape index (κ3) is 3.95. The average Bonchev–Trinajstić information content (AvgIpc) is 3.22. The van der Waals surface area contributed by atoms with E-state index in [1.54, 1.807) is 7.05 Å². The summed E-state index contributed by atoms with van der Waals surface area (Å²) in [6, 6.07) is 8.36. The van der Waals surface area contributed by atoms with Gasteiger partial charge in [-0.3, -0.25) is 18.8 Å². The van der Waals surface area contributed by atoms with Gasteiger partial charge in [0.2, 0.25) is 5.91 Å². The Labute approximate surface area is 170 Å². The lowest BCUT2D eigenvalue weighted by Gasteiger charge is -2.05. The van der Waals surface area contributed by atoms with Crippen LogP contribution in [0.4, 0.5) is 5.13 Å². The zero-order valence-corrected chi connectivity index (χ0v) is 17.2. The normalized spacial score (nSPS) is 11.1. The molecule has 3 heterocycles. The van der Waals surface area contributed by atoms with Crippen LogP contribution in [0.15, 0.2) is 41.6 Å². The second-order valence-corrected chi connectivity index (χ2v) is 8.00. The highest BCUT2D eigenvalue weighted by Crippen LogP contribution is 2.25. The lowest BCUT2D eigenvalue weighted by molar-refractivity contribution is -0.116. The molecule has 4 rings (SSSR count). The molecule has 0 aliphatic heterocycles. The third-order valence-electron chi connectivity index (χ3n) is 4.66. The number of amides is 1. The van der Waals surface area contributed by atoms with Gasteiger partial charge in [-0.05, 0) is 19.4 Å². The van der Waals surface area contributed by atoms with Gasteiger partial charge in [0.05, 0.1) is 11.9 Å². The van der Waals surface area contributed by atoms with Gasteiger partial charge < -0.3 is 5.32 Å². The first-order valence-electron chi connectivity index (χ1n) is 9.09. The first kappa shape index (κ1) is 19.0. The quantitative estimate of drug-likeness (QED) is 0.547. The summed E-state index contributed by atoms with van der Waals surface area (Å²) >= 11 is 1.45. The minimum absolute atomic E-state index is 0.136. The molecule has 1 N–H and O–H groups in total. The number of nitrogens with zero attached hydrogens (tertiary/aromatic N) is 5. The van der Waals surface area contributed by atoms with E-state index in [0.717, 1.165) is 17.0 Å². The van der Waals surface area contributed by atoms with E-state index in [2.05, 4.69) is 51.6 Å². The van der Waals surface area contributed by atoms with Gasteiger partial charge in [-0.2, -0.15) is 5.10 Å². The number of rotatable bonds is 5. The van der Waals surface area contributed by atoms with Crippen LogP contribution in [0.2, 0.25) is 0 Å². The van der Waals surface area contributed by atoms with E-state index in [4.69, 9.17) is 0 Å². The fourth-order valence-corrected chi connectivity index (χ4v) is 4.04. The SMILES string of the molecule is Cc1ccc(Cc2sc(NC(=O)Cn3cnc4c(cnn4C)c3=O)nc2C)cc1. The molecule has 29 heavy (non-hydrogen) atoms. The molecular weight excluding hydrogens is 388 g/mol. The highest BCUT2D eigenvalue weighted by Gasteiger charge is 2.14. The van der Waals surface area contributed by atoms with Crippen molar-refractivity contribution in [2.24, 2.45) is 7.05 Å². The predicted octanol–water partition coefficient (Wildman–Crippen LogP) is 2.43. The fraction of sp³-hybridized carbons (Fsp3) is 0.250. The van der Waals surface area contributed by atoms with Crippen LogP contribution in [-0.4, -0.2) is 30.2 Å². The molecule has 8 nitrogen and oxygen atoms in total. The van der Waals surface area contributed by atoms with Crippen molar-refractivity contribution >= 4 is 33.4 Å². The molecule has 0 saturated carbocycles. The molecule has 0 unspecified atom stereocenters. The smallest absolute Gasteiger partial charge is 0.264 e. The topological polar surface area (TPSA) is 94.7 Å². The molecule has 0 atom stereocenters. The molecule has 9 heteroatoms. The molecule has 0 saturated heterocycles. The fourth-order valence-electron chi connectivity index (χ4n) is 3.03. The Morgan fingerprint density at radius 2 is 1.97 bits per heavy atom. The van der Waals surface area contributed by atoms with Gasteiger partial charge in [-0.15, -0.1) is 11.3 Å². The Bertz CT molecular complexity index is 1250. The van der Waals surface area contributed by atoms with E-state index in [1.807, 2.05) is 6.92 Å². The first-order valence-corrected chi connectivity index (χ1v) is 9.91. The number of thiazole rings is 1. The highest BCUT2D eigenvalue weighted by molar-refractivity contribution is 7.15. The van der Waals surface area contributed by atoms with E-state index in [1.165, 1.54) is 44.2 Å². The maximum absolute atomic E-state index is 12.5. The molecule has 0 aliphatic carbocycles. The first-order chi connectivity index (χ1) is 13.9. The Balaban J connectivity index is 1.47. The molecule has 0 radical (unpaired) electrons. The van der Waals surface area contributed by atoms with Crippen molar-refractivity contribution in [3.63, 3.8) is 0 Å². The zero-order chi connectivity index (χ0) is 20.5. The van der Waals surface area contributed by atoms with E-state index < -0.39 is 0 Å². The van der Waals surface area contributed by atoms with Gasteiger partial charge in [0, 0.05) is 18.3 Å². The van der Waals surface area contributed by atoms with E-state index in [-0.39, 0.29) is 18.0 Å². The second-order valence-electron chi connectivity index (χ2n) is 6.92. The van der Waals surface area contributed by atoms with Gasteiger partial charge in [-0.25, -0.2) is 9.97 Å². The number of carbonyl (C=O) groups is 1. The molecule has 0 bridgehead atoms. The summed E-state index contributed by atoms with van der Waals surface area (Å²) in [6.45, 7) is 3.85. The van der Waals surface area contributed by atoms with E-state index >= 15 is 0 Å². The Kier molecular flexibility index (Phi) is 4.98. The van der Waals surface area contributed by atoms with Crippen LogP contribution in [0.5, 0.6) is 0 Å². The van der Waals surface area contributed by atoms with Crippen LogP contribution in [0.1, 0.15) is 21.7 Å². The van der Waals surface area contributed by atoms with Crippen LogP contribution in [-0.2, 0) is 24.8 Å². The van der Waals surface area contributed by atoms with Gasteiger partial charge in [0.1, 0.15) is 18.3 Å². The number of carbonyl (C=O) groups excluding carboxylic acids is 1. The van der Waals surface area contributed by atoms with Crippen LogP contribution in [0.25, 0.3) is 11.0 Å². The van der Waals surface area contributed by atoms with Crippen molar-refractivity contribution in [3.05, 3.63) is 68.8 Å². The Morgan fingerprint density at radius 3 is 2.72 bits per heavy atom. The number of hydrogen-bond donors (Lipinski definition) is 1. The lowest BCUT2D eigenvalue weighted by Crippen LogP contribution is -2.27. The van der Waals surface area contributed by atoms with Crippen molar-refractivity contribution < 1.29 is 4.79 Å². The van der Waals surface area contributed by atoms with Crippen LogP contribution >= 0.6 is 11.3 Å². The van der Waals surface area contributed by atoms with Crippen molar-refractivity contribution in [1.29, 1.82) is 0 Å². The maximum atomic E-state index is 12.5. The molecular formula is C20H20N6O2S. The van der Waals surface area contributed by atoms with Gasteiger partial charge in [0.25, 0.3) is 5.56 Å². The minimum atomic E-state index is -0.326. The summed E-state index contributed by atoms with van der Waals surface area (Å²) in [6.07, 6.45) is 3.59. The number of nitrogens with one attached hydrogen (secondary N) is 1. The van der Waals surface area contributed by atoms with Crippen molar-refractivity contribution in [1.82, 2.24) is 24.3 Å². The number of benzene rings is 1. The van der Waals surface area contributed by atoms with Gasteiger partial charge >= 0.3 is 0 Å². The van der Waals surface area contributed by atoms with Crippen LogP contribution < -0.4 is 10.9 Å². The average molecular weight is 408 g/mol. The molecule has 0 aliphatic rings. The number of aromatic nitrogens is 5. The highest BCUT2D eigenvalue weighted by atomic mass is 32.1. The van der Waals surface area contributed by atoms with Gasteiger partial charge in [0.15, 0.2) is 10.8 Å². The number of anilines is 1. The summed E-state index contributed by atoms with van der Waals surface area (Å²) in [7, 11) is 1.71. The van der Waals surface area contributed by atoms with E-state index in [0.29, 0.717) is 16.2 Å². The van der Waals surface area contributed by atoms with Crippen molar-refractivity contribution in [2.45, 2.75) is 26.8 Å². The predicted molar refractivity (Wildman–Crippen MR) is 112 cm³/mol. The zero-order valence-electron chi connectivity index (χ0n) is 16.3. The van der Waals surface area contributed by atoms with Crippen molar-refractivity contribution in [2.75, 3.05) is 5.32 Å². The molecule has 0 fully saturated rings. The maximum Gasteiger partial charge on any atom is 0.264 e. The minimum Gasteiger partial charge on any atom is -0.300 e. The Hall–Kier alpha value is -3.33. The summed E-state index contributed by atoms with van der Waals surface area (Å²) in [4.78, 5) is 34.7. The summed E-state index contributed by atoms with van der Waals surface area (Å²) < 4.78 is 2.79. The summed E-state index contributed by atoms with van der Waals surface area (Å²) in [5, 5.41) is 7.72. The molecule has 1 aromatic carbocycles. The van der Waals surface area contributed by atoms with E-state index in [9.17, 15) is 9.59 Å². The molecule has 1 amide bonds. The molecule has 4 aromatic rings. The van der Waals surface area contributed by atoms with Crippen LogP contribution in [0.3, 0.4) is 0 Å². The van der Waals surface area contributed by atoms with Crippen LogP contribution in [0, 0.1) is 13.8 Å². The van der Waals surface area contributed by atoms with Crippen molar-refractivity contribution in [3.8, 4) is 0 Å². The largest absolute Gasteiger partial charge is 0.300 e. The standard InChI is InChI=1S/C20H20N6O2S/c1-12-4-6-14(7-5-12)8-16-13(2)23-20(29-16)24-17(27)10-26-11-21-18-15(19(26)28)9-22-25(18)3/h4-7,9,11H,8,10H2,1-3H3,(H,23,24,27). The van der Waals surface area contributed by atoms with Gasteiger partial charge in [-0.1, -0.05) is 29.8 Å². The lowest BCUT2D eigenvalue weighted by atomic mass is 10.1. The number of hydrogen-bond acceptors (Lipinski definition) is 6. The summed E-state index contributed by atoms with van der Waals surface area (Å²) in [5.74, 6) is -0.326. The number of fused-ring (bicyclic) bond motifs is 1. The number of aryl methyl sites for hydroxylation is 3. The molecule has 3 aromatic heterocycles. The molecule has 0 spiro atoms. The monoisotopic (exact) mass is 408 g/mol. The summed E-state index contributed by atoms with van der Waals surface area (Å²) in [5.41, 5.74) is 3.50.